The van der Waals surface area contributed by atoms with Gasteiger partial charge in [0, 0.05) is 11.3 Å². The van der Waals surface area contributed by atoms with Gasteiger partial charge in [0.25, 0.3) is 5.24 Å². The molecule has 0 unspecified atom stereocenters. The maximum atomic E-state index is 11.0. The van der Waals surface area contributed by atoms with Crippen LogP contribution in [-0.2, 0) is 0 Å². The largest absolute Gasteiger partial charge is 0.493 e. The maximum Gasteiger partial charge on any atom is 0.299 e. The summed E-state index contributed by atoms with van der Waals surface area (Å²) in [6.07, 6.45) is 0.931. The summed E-state index contributed by atoms with van der Waals surface area (Å²) < 4.78 is 10.9. The Labute approximate surface area is 116 Å². The molecule has 1 aromatic carbocycles. The molecule has 0 aromatic heterocycles. The van der Waals surface area contributed by atoms with Crippen molar-refractivity contribution >= 4 is 22.7 Å². The van der Waals surface area contributed by atoms with Crippen LogP contribution in [0.3, 0.4) is 0 Å². The summed E-state index contributed by atoms with van der Waals surface area (Å²) in [5, 5.41) is 3.93. The van der Waals surface area contributed by atoms with Crippen LogP contribution in [0.15, 0.2) is 23.3 Å². The summed E-state index contributed by atoms with van der Waals surface area (Å²) in [4.78, 5) is 11.0. The third-order valence-corrected chi connectivity index (χ3v) is 3.35. The zero-order valence-corrected chi connectivity index (χ0v) is 11.8. The van der Waals surface area contributed by atoms with Crippen LogP contribution in [0.4, 0.5) is 4.79 Å². The number of carbonyl (C=O) groups excluding carboxylic acids is 1. The molecule has 0 aliphatic carbocycles. The predicted octanol–water partition coefficient (Wildman–Crippen LogP) is 2.64. The lowest BCUT2D eigenvalue weighted by molar-refractivity contribution is 0.261. The first-order valence-electron chi connectivity index (χ1n) is 6.05. The summed E-state index contributed by atoms with van der Waals surface area (Å²) in [6, 6.07) is 5.66. The standard InChI is InChI=1S/C13H16N2O3S/c1-3-6-18-12-7-9(4-5-11(12)17-2)10-8-19-13(16)15-14-10/h4-5,7H,3,6,8H2,1-2H3,(H,15,16). The average Bonchev–Trinajstić information content (AvgIpc) is 2.45. The molecular formula is C13H16N2O3S. The number of hydrazone groups is 1. The number of hydrogen-bond donors (Lipinski definition) is 1. The van der Waals surface area contributed by atoms with Crippen LogP contribution in [0.5, 0.6) is 11.5 Å². The van der Waals surface area contributed by atoms with Crippen molar-refractivity contribution in [3.8, 4) is 11.5 Å². The first-order chi connectivity index (χ1) is 9.24. The lowest BCUT2D eigenvalue weighted by Gasteiger charge is -2.14. The van der Waals surface area contributed by atoms with Gasteiger partial charge in [0.05, 0.1) is 19.4 Å². The fourth-order valence-corrected chi connectivity index (χ4v) is 2.25. The lowest BCUT2D eigenvalue weighted by atomic mass is 10.1. The number of benzene rings is 1. The van der Waals surface area contributed by atoms with Gasteiger partial charge in [-0.15, -0.1) is 0 Å². The van der Waals surface area contributed by atoms with E-state index in [0.29, 0.717) is 23.9 Å². The Morgan fingerprint density at radius 3 is 2.89 bits per heavy atom. The summed E-state index contributed by atoms with van der Waals surface area (Å²) in [5.74, 6) is 1.96. The molecule has 5 nitrogen and oxygen atoms in total. The Hall–Kier alpha value is -1.69. The van der Waals surface area contributed by atoms with Crippen molar-refractivity contribution in [1.29, 1.82) is 0 Å². The molecule has 102 valence electrons. The van der Waals surface area contributed by atoms with E-state index in [4.69, 9.17) is 9.47 Å². The molecule has 2 rings (SSSR count). The number of methoxy groups -OCH3 is 1. The second-order valence-corrected chi connectivity index (χ2v) is 4.91. The quantitative estimate of drug-likeness (QED) is 0.900. The molecule has 1 amide bonds. The van der Waals surface area contributed by atoms with Crippen molar-refractivity contribution in [2.24, 2.45) is 5.10 Å². The van der Waals surface area contributed by atoms with Gasteiger partial charge in [-0.1, -0.05) is 18.7 Å². The van der Waals surface area contributed by atoms with Gasteiger partial charge in [-0.05, 0) is 24.6 Å². The first kappa shape index (κ1) is 13.7. The molecule has 0 atom stereocenters. The smallest absolute Gasteiger partial charge is 0.299 e. The highest BCUT2D eigenvalue weighted by molar-refractivity contribution is 8.14. The van der Waals surface area contributed by atoms with Gasteiger partial charge in [-0.25, -0.2) is 5.43 Å². The number of carbonyl (C=O) groups is 1. The second-order valence-electron chi connectivity index (χ2n) is 3.96. The number of nitrogens with one attached hydrogen (secondary N) is 1. The minimum Gasteiger partial charge on any atom is -0.493 e. The third-order valence-electron chi connectivity index (χ3n) is 2.58. The minimum atomic E-state index is -0.125. The molecule has 1 heterocycles. The zero-order chi connectivity index (χ0) is 13.7. The van der Waals surface area contributed by atoms with Gasteiger partial charge < -0.3 is 9.47 Å². The van der Waals surface area contributed by atoms with Crippen molar-refractivity contribution in [1.82, 2.24) is 5.43 Å². The molecule has 1 aliphatic rings. The zero-order valence-electron chi connectivity index (χ0n) is 10.9. The Kier molecular flexibility index (Phi) is 4.68. The molecule has 0 radical (unpaired) electrons. The molecule has 0 spiro atoms. The van der Waals surface area contributed by atoms with Crippen LogP contribution in [0.1, 0.15) is 18.9 Å². The molecule has 6 heteroatoms. The van der Waals surface area contributed by atoms with Crippen molar-refractivity contribution in [3.63, 3.8) is 0 Å². The molecular weight excluding hydrogens is 264 g/mol. The molecule has 1 aliphatic heterocycles. The van der Waals surface area contributed by atoms with Crippen molar-refractivity contribution in [2.75, 3.05) is 19.5 Å². The van der Waals surface area contributed by atoms with E-state index in [1.165, 1.54) is 11.8 Å². The van der Waals surface area contributed by atoms with E-state index in [2.05, 4.69) is 10.5 Å². The van der Waals surface area contributed by atoms with Crippen LogP contribution in [0.25, 0.3) is 0 Å². The van der Waals surface area contributed by atoms with Crippen molar-refractivity contribution in [3.05, 3.63) is 23.8 Å². The highest BCUT2D eigenvalue weighted by Crippen LogP contribution is 2.29. The number of thioether (sulfide) groups is 1. The molecule has 0 saturated carbocycles. The number of hydrogen-bond acceptors (Lipinski definition) is 5. The minimum absolute atomic E-state index is 0.125. The van der Waals surface area contributed by atoms with Gasteiger partial charge in [0.1, 0.15) is 0 Å². The van der Waals surface area contributed by atoms with Crippen molar-refractivity contribution in [2.45, 2.75) is 13.3 Å². The topological polar surface area (TPSA) is 59.9 Å². The summed E-state index contributed by atoms with van der Waals surface area (Å²) in [6.45, 7) is 2.69. The molecule has 1 aromatic rings. The van der Waals surface area contributed by atoms with Crippen LogP contribution < -0.4 is 14.9 Å². The van der Waals surface area contributed by atoms with E-state index in [9.17, 15) is 4.79 Å². The number of nitrogens with zero attached hydrogens (tertiary/aromatic N) is 1. The molecule has 19 heavy (non-hydrogen) atoms. The van der Waals surface area contributed by atoms with Crippen LogP contribution >= 0.6 is 11.8 Å². The summed E-state index contributed by atoms with van der Waals surface area (Å²) in [5.41, 5.74) is 4.22. The Morgan fingerprint density at radius 2 is 2.26 bits per heavy atom. The van der Waals surface area contributed by atoms with E-state index in [0.717, 1.165) is 17.7 Å². The van der Waals surface area contributed by atoms with Crippen LogP contribution in [0.2, 0.25) is 0 Å². The third kappa shape index (κ3) is 3.41. The van der Waals surface area contributed by atoms with Gasteiger partial charge >= 0.3 is 0 Å². The fraction of sp³-hybridized carbons (Fsp3) is 0.385. The second kappa shape index (κ2) is 6.47. The fourth-order valence-electron chi connectivity index (χ4n) is 1.64. The monoisotopic (exact) mass is 280 g/mol. The van der Waals surface area contributed by atoms with E-state index >= 15 is 0 Å². The number of amides is 1. The lowest BCUT2D eigenvalue weighted by Crippen LogP contribution is -2.23. The van der Waals surface area contributed by atoms with Gasteiger partial charge in [0.2, 0.25) is 0 Å². The number of rotatable bonds is 5. The highest BCUT2D eigenvalue weighted by atomic mass is 32.2. The Balaban J connectivity index is 2.24. The molecule has 1 N–H and O–H groups in total. The molecule has 0 bridgehead atoms. The molecule has 0 saturated heterocycles. The van der Waals surface area contributed by atoms with Gasteiger partial charge in [0.15, 0.2) is 11.5 Å². The predicted molar refractivity (Wildman–Crippen MR) is 76.3 cm³/mol. The van der Waals surface area contributed by atoms with E-state index in [-0.39, 0.29) is 5.24 Å². The summed E-state index contributed by atoms with van der Waals surface area (Å²) >= 11 is 1.20. The highest BCUT2D eigenvalue weighted by Gasteiger charge is 2.15. The van der Waals surface area contributed by atoms with Gasteiger partial charge in [-0.3, -0.25) is 4.79 Å². The van der Waals surface area contributed by atoms with Gasteiger partial charge in [-0.2, -0.15) is 5.10 Å². The number of ether oxygens (including phenoxy) is 2. The SMILES string of the molecule is CCCOc1cc(C2=NNC(=O)SC2)ccc1OC. The maximum absolute atomic E-state index is 11.0. The van der Waals surface area contributed by atoms with Crippen LogP contribution in [0, 0.1) is 0 Å². The molecule has 0 fully saturated rings. The van der Waals surface area contributed by atoms with E-state index in [1.807, 2.05) is 25.1 Å². The summed E-state index contributed by atoms with van der Waals surface area (Å²) in [7, 11) is 1.61. The average molecular weight is 280 g/mol. The normalized spacial score (nSPS) is 14.6. The Morgan fingerprint density at radius 1 is 1.42 bits per heavy atom. The van der Waals surface area contributed by atoms with E-state index < -0.39 is 0 Å². The van der Waals surface area contributed by atoms with Crippen molar-refractivity contribution < 1.29 is 14.3 Å². The van der Waals surface area contributed by atoms with Crippen LogP contribution in [-0.4, -0.2) is 30.4 Å². The Bertz CT molecular complexity index is 503. The first-order valence-corrected chi connectivity index (χ1v) is 7.03. The van der Waals surface area contributed by atoms with E-state index in [1.54, 1.807) is 7.11 Å².